The van der Waals surface area contributed by atoms with Gasteiger partial charge in [0.1, 0.15) is 6.33 Å². The molecule has 1 radical (unpaired) electrons. The molecule has 5 heteroatoms. The zero-order valence-corrected chi connectivity index (χ0v) is 8.90. The quantitative estimate of drug-likeness (QED) is 0.562. The van der Waals surface area contributed by atoms with Crippen molar-refractivity contribution in [3.63, 3.8) is 0 Å². The molecule has 67 valence electrons. The van der Waals surface area contributed by atoms with Crippen LogP contribution < -0.4 is 0 Å². The van der Waals surface area contributed by atoms with Crippen molar-refractivity contribution in [3.8, 4) is 0 Å². The molecule has 0 saturated carbocycles. The van der Waals surface area contributed by atoms with Crippen LogP contribution in [0, 0.1) is 6.07 Å². The Labute approximate surface area is 87.6 Å². The minimum atomic E-state index is 0. The van der Waals surface area contributed by atoms with Gasteiger partial charge in [-0.3, -0.25) is 9.50 Å². The van der Waals surface area contributed by atoms with E-state index in [4.69, 9.17) is 0 Å². The van der Waals surface area contributed by atoms with Crippen LogP contribution in [0.25, 0.3) is 11.2 Å². The van der Waals surface area contributed by atoms with E-state index in [-0.39, 0.29) is 20.1 Å². The van der Waals surface area contributed by atoms with Gasteiger partial charge < -0.3 is 4.40 Å². The Hall–Kier alpha value is -1.19. The monoisotopic (exact) mass is 350 g/mol. The average molecular weight is 349 g/mol. The minimum absolute atomic E-state index is 0. The molecule has 13 heavy (non-hydrogen) atoms. The second kappa shape index (κ2) is 2.94. The third-order valence-corrected chi connectivity index (χ3v) is 1.87. The maximum atomic E-state index is 4.12. The van der Waals surface area contributed by atoms with Gasteiger partial charge in [0.2, 0.25) is 0 Å². The first-order valence-electron chi connectivity index (χ1n) is 3.62. The van der Waals surface area contributed by atoms with Crippen molar-refractivity contribution in [3.05, 3.63) is 37.1 Å². The topological polar surface area (TPSA) is 34.6 Å². The largest absolute Gasteiger partial charge is 0.395 e. The first-order valence-corrected chi connectivity index (χ1v) is 3.62. The predicted molar refractivity (Wildman–Crippen MR) is 42.8 cm³/mol. The van der Waals surface area contributed by atoms with E-state index in [1.165, 1.54) is 6.33 Å². The summed E-state index contributed by atoms with van der Waals surface area (Å²) in [5, 5.41) is 4.02. The molecule has 4 nitrogen and oxygen atoms in total. The van der Waals surface area contributed by atoms with E-state index in [9.17, 15) is 0 Å². The van der Waals surface area contributed by atoms with E-state index < -0.39 is 0 Å². The Balaban J connectivity index is 0.000000653. The molecule has 0 fully saturated rings. The van der Waals surface area contributed by atoms with E-state index in [1.54, 1.807) is 4.52 Å². The maximum Gasteiger partial charge on any atom is 0.124 e. The van der Waals surface area contributed by atoms with Crippen LogP contribution >= 0.6 is 0 Å². The predicted octanol–water partition coefficient (Wildman–Crippen LogP) is 0.780. The van der Waals surface area contributed by atoms with E-state index in [0.717, 1.165) is 11.2 Å². The van der Waals surface area contributed by atoms with Crippen molar-refractivity contribution in [1.29, 1.82) is 0 Å². The van der Waals surface area contributed by atoms with Crippen molar-refractivity contribution < 1.29 is 20.1 Å². The molecule has 0 aliphatic heterocycles. The molecule has 0 N–H and O–H groups in total. The first kappa shape index (κ1) is 8.41. The number of aromatic nitrogens is 4. The van der Waals surface area contributed by atoms with Crippen LogP contribution in [0.1, 0.15) is 0 Å². The molecule has 3 rings (SSSR count). The normalized spacial score (nSPS) is 10.5. The summed E-state index contributed by atoms with van der Waals surface area (Å²) in [6.45, 7) is 0. The molecule has 0 amide bonds. The Morgan fingerprint density at radius 3 is 3.08 bits per heavy atom. The molecule has 0 aliphatic carbocycles. The fourth-order valence-corrected chi connectivity index (χ4v) is 1.31. The molecule has 0 spiro atoms. The molecule has 0 aliphatic rings. The van der Waals surface area contributed by atoms with Gasteiger partial charge >= 0.3 is 0 Å². The molecule has 3 aromatic rings. The zero-order chi connectivity index (χ0) is 7.97. The molecule has 0 aromatic carbocycles. The SMILES string of the molecule is [Ir].[c-]1ccn2ccn3ncnc3c12. The van der Waals surface area contributed by atoms with Crippen LogP contribution in [-0.2, 0) is 20.1 Å². The molecular formula is C8H5IrN4-. The molecule has 3 aromatic heterocycles. The van der Waals surface area contributed by atoms with Gasteiger partial charge in [-0.05, 0) is 5.52 Å². The van der Waals surface area contributed by atoms with Gasteiger partial charge in [-0.25, -0.2) is 0 Å². The number of rotatable bonds is 0. The third-order valence-electron chi connectivity index (χ3n) is 1.87. The van der Waals surface area contributed by atoms with Gasteiger partial charge in [0.05, 0.1) is 5.65 Å². The summed E-state index contributed by atoms with van der Waals surface area (Å²) in [6.07, 6.45) is 7.26. The minimum Gasteiger partial charge on any atom is -0.395 e. The Bertz CT molecular complexity index is 489. The summed E-state index contributed by atoms with van der Waals surface area (Å²) >= 11 is 0. The molecule has 0 atom stereocenters. The van der Waals surface area contributed by atoms with Crippen LogP contribution in [0.5, 0.6) is 0 Å². The summed E-state index contributed by atoms with van der Waals surface area (Å²) < 4.78 is 3.69. The van der Waals surface area contributed by atoms with Gasteiger partial charge in [0.15, 0.2) is 0 Å². The van der Waals surface area contributed by atoms with Crippen LogP contribution in [0.2, 0.25) is 0 Å². The standard InChI is InChI=1S/C8H5N4.Ir/c1-2-7-8-9-6-10-12(8)5-4-11(7)3-1;/h1,3-6H;/q-1;. The van der Waals surface area contributed by atoms with Gasteiger partial charge in [0, 0.05) is 32.5 Å². The van der Waals surface area contributed by atoms with Crippen molar-refractivity contribution >= 4 is 11.2 Å². The molecule has 0 bridgehead atoms. The van der Waals surface area contributed by atoms with E-state index >= 15 is 0 Å². The number of hydrogen-bond acceptors (Lipinski definition) is 2. The average Bonchev–Trinajstić information content (AvgIpc) is 2.71. The molecule has 3 heterocycles. The van der Waals surface area contributed by atoms with Gasteiger partial charge in [-0.15, -0.1) is 0 Å². The van der Waals surface area contributed by atoms with Crippen molar-refractivity contribution in [2.24, 2.45) is 0 Å². The number of fused-ring (bicyclic) bond motifs is 3. The summed E-state index contributed by atoms with van der Waals surface area (Å²) in [7, 11) is 0. The molecular weight excluding hydrogens is 344 g/mol. The summed E-state index contributed by atoms with van der Waals surface area (Å²) in [5.74, 6) is 0. The third kappa shape index (κ3) is 1.08. The van der Waals surface area contributed by atoms with Crippen LogP contribution in [0.4, 0.5) is 0 Å². The second-order valence-electron chi connectivity index (χ2n) is 2.54. The summed E-state index contributed by atoms with van der Waals surface area (Å²) in [4.78, 5) is 4.12. The first-order chi connectivity index (χ1) is 5.95. The summed E-state index contributed by atoms with van der Waals surface area (Å²) in [5.41, 5.74) is 1.79. The Kier molecular flexibility index (Phi) is 1.90. The van der Waals surface area contributed by atoms with Crippen LogP contribution in [-0.4, -0.2) is 19.0 Å². The molecule has 0 saturated heterocycles. The van der Waals surface area contributed by atoms with Crippen molar-refractivity contribution in [1.82, 2.24) is 19.0 Å². The van der Waals surface area contributed by atoms with Crippen LogP contribution in [0.3, 0.4) is 0 Å². The smallest absolute Gasteiger partial charge is 0.124 e. The second-order valence-corrected chi connectivity index (χ2v) is 2.54. The Morgan fingerprint density at radius 1 is 1.23 bits per heavy atom. The van der Waals surface area contributed by atoms with E-state index in [2.05, 4.69) is 16.1 Å². The van der Waals surface area contributed by atoms with Crippen molar-refractivity contribution in [2.45, 2.75) is 0 Å². The molecule has 0 unspecified atom stereocenters. The zero-order valence-electron chi connectivity index (χ0n) is 6.51. The van der Waals surface area contributed by atoms with Crippen molar-refractivity contribution in [2.75, 3.05) is 0 Å². The Morgan fingerprint density at radius 2 is 2.15 bits per heavy atom. The number of hydrogen-bond donors (Lipinski definition) is 0. The summed E-state index contributed by atoms with van der Waals surface area (Å²) in [6, 6.07) is 4.95. The van der Waals surface area contributed by atoms with E-state index in [1.807, 2.05) is 29.1 Å². The maximum absolute atomic E-state index is 4.12. The van der Waals surface area contributed by atoms with Crippen LogP contribution in [0.15, 0.2) is 31.0 Å². The number of nitrogens with zero attached hydrogens (tertiary/aromatic N) is 4. The van der Waals surface area contributed by atoms with Gasteiger partial charge in [0.25, 0.3) is 0 Å². The fourth-order valence-electron chi connectivity index (χ4n) is 1.31. The van der Waals surface area contributed by atoms with Gasteiger partial charge in [-0.1, -0.05) is 6.20 Å². The van der Waals surface area contributed by atoms with E-state index in [0.29, 0.717) is 0 Å². The fraction of sp³-hybridized carbons (Fsp3) is 0. The van der Waals surface area contributed by atoms with Gasteiger partial charge in [-0.2, -0.15) is 17.2 Å².